The van der Waals surface area contributed by atoms with E-state index in [1.54, 1.807) is 36.4 Å². The van der Waals surface area contributed by atoms with E-state index >= 15 is 0 Å². The number of nitrogens with one attached hydrogen (secondary N) is 1. The van der Waals surface area contributed by atoms with Gasteiger partial charge in [0.15, 0.2) is 0 Å². The summed E-state index contributed by atoms with van der Waals surface area (Å²) >= 11 is 0. The van der Waals surface area contributed by atoms with Gasteiger partial charge in [0.1, 0.15) is 5.82 Å². The lowest BCUT2D eigenvalue weighted by atomic mass is 10.0. The first-order valence-electron chi connectivity index (χ1n) is 10.1. The van der Waals surface area contributed by atoms with Gasteiger partial charge < -0.3 is 9.47 Å². The molecule has 3 aromatic rings. The topological polar surface area (TPSA) is 82.5 Å². The van der Waals surface area contributed by atoms with Crippen molar-refractivity contribution in [3.05, 3.63) is 65.6 Å². The zero-order valence-corrected chi connectivity index (χ0v) is 17.7. The second kappa shape index (κ2) is 7.83. The molecule has 3 heterocycles. The Bertz CT molecular complexity index is 1200. The highest BCUT2D eigenvalue weighted by molar-refractivity contribution is 7.89. The Labute approximate surface area is 179 Å². The fourth-order valence-electron chi connectivity index (χ4n) is 3.81. The second-order valence-corrected chi connectivity index (χ2v) is 9.58. The van der Waals surface area contributed by atoms with Crippen LogP contribution < -0.4 is 4.72 Å². The van der Waals surface area contributed by atoms with E-state index < -0.39 is 10.0 Å². The SMILES string of the molecule is C[C@H]1Cc2c(c(-c3ccc(S(=O)(=O)NC4COC4)cc3)nn2-c2ccc(F)cc2)CO1. The number of ether oxygens (including phenoxy) is 2. The van der Waals surface area contributed by atoms with E-state index in [4.69, 9.17) is 14.6 Å². The van der Waals surface area contributed by atoms with Gasteiger partial charge in [-0.3, -0.25) is 0 Å². The van der Waals surface area contributed by atoms with Gasteiger partial charge in [0, 0.05) is 17.5 Å². The highest BCUT2D eigenvalue weighted by atomic mass is 32.2. The summed E-state index contributed by atoms with van der Waals surface area (Å²) in [4.78, 5) is 0.194. The number of hydrogen-bond acceptors (Lipinski definition) is 5. The lowest BCUT2D eigenvalue weighted by molar-refractivity contribution is 0.00482. The van der Waals surface area contributed by atoms with Gasteiger partial charge in [-0.1, -0.05) is 12.1 Å². The molecule has 1 saturated heterocycles. The molecule has 1 atom stereocenters. The summed E-state index contributed by atoms with van der Waals surface area (Å²) < 4.78 is 53.8. The fraction of sp³-hybridized carbons (Fsp3) is 0.318. The molecule has 2 aliphatic rings. The summed E-state index contributed by atoms with van der Waals surface area (Å²) in [6, 6.07) is 12.7. The molecule has 7 nitrogen and oxygen atoms in total. The number of nitrogens with zero attached hydrogens (tertiary/aromatic N) is 2. The van der Waals surface area contributed by atoms with Crippen molar-refractivity contribution in [2.75, 3.05) is 13.2 Å². The molecule has 1 fully saturated rings. The second-order valence-electron chi connectivity index (χ2n) is 7.87. The first-order valence-corrected chi connectivity index (χ1v) is 11.6. The number of sulfonamides is 1. The first kappa shape index (κ1) is 20.3. The lowest BCUT2D eigenvalue weighted by Gasteiger charge is -2.26. The third kappa shape index (κ3) is 3.89. The number of hydrogen-bond donors (Lipinski definition) is 1. The molecule has 5 rings (SSSR count). The molecule has 0 saturated carbocycles. The molecule has 2 aliphatic heterocycles. The minimum absolute atomic E-state index is 0.0466. The van der Waals surface area contributed by atoms with Crippen LogP contribution in [0.3, 0.4) is 0 Å². The Morgan fingerprint density at radius 3 is 2.45 bits per heavy atom. The summed E-state index contributed by atoms with van der Waals surface area (Å²) in [6.45, 7) is 3.20. The van der Waals surface area contributed by atoms with Crippen molar-refractivity contribution in [3.63, 3.8) is 0 Å². The van der Waals surface area contributed by atoms with Gasteiger partial charge in [-0.25, -0.2) is 22.2 Å². The Hall–Kier alpha value is -2.59. The molecule has 1 N–H and O–H groups in total. The van der Waals surface area contributed by atoms with Gasteiger partial charge in [0.05, 0.1) is 53.9 Å². The smallest absolute Gasteiger partial charge is 0.240 e. The third-order valence-electron chi connectivity index (χ3n) is 5.55. The number of fused-ring (bicyclic) bond motifs is 1. The summed E-state index contributed by atoms with van der Waals surface area (Å²) in [7, 11) is -3.60. The van der Waals surface area contributed by atoms with Crippen LogP contribution in [0.25, 0.3) is 16.9 Å². The number of rotatable bonds is 5. The monoisotopic (exact) mass is 443 g/mol. The Morgan fingerprint density at radius 1 is 1.10 bits per heavy atom. The van der Waals surface area contributed by atoms with Gasteiger partial charge in [0.25, 0.3) is 0 Å². The van der Waals surface area contributed by atoms with Gasteiger partial charge in [0.2, 0.25) is 10.0 Å². The summed E-state index contributed by atoms with van der Waals surface area (Å²) in [5.74, 6) is -0.305. The van der Waals surface area contributed by atoms with Crippen LogP contribution in [0.2, 0.25) is 0 Å². The summed E-state index contributed by atoms with van der Waals surface area (Å²) in [6.07, 6.45) is 0.727. The molecule has 1 aromatic heterocycles. The van der Waals surface area contributed by atoms with E-state index in [0.29, 0.717) is 26.2 Å². The maximum absolute atomic E-state index is 13.4. The predicted molar refractivity (Wildman–Crippen MR) is 112 cm³/mol. The third-order valence-corrected chi connectivity index (χ3v) is 7.09. The number of benzene rings is 2. The number of halogens is 1. The predicted octanol–water partition coefficient (Wildman–Crippen LogP) is 2.82. The lowest BCUT2D eigenvalue weighted by Crippen LogP contribution is -2.48. The molecule has 0 unspecified atom stereocenters. The minimum Gasteiger partial charge on any atom is -0.378 e. The Kier molecular flexibility index (Phi) is 5.13. The van der Waals surface area contributed by atoms with Gasteiger partial charge in [-0.05, 0) is 43.3 Å². The van der Waals surface area contributed by atoms with E-state index in [1.807, 2.05) is 11.6 Å². The molecule has 0 amide bonds. The first-order chi connectivity index (χ1) is 14.9. The van der Waals surface area contributed by atoms with E-state index in [2.05, 4.69) is 4.72 Å². The molecule has 0 aliphatic carbocycles. The highest BCUT2D eigenvalue weighted by Gasteiger charge is 2.28. The molecule has 162 valence electrons. The van der Waals surface area contributed by atoms with Crippen LogP contribution >= 0.6 is 0 Å². The Morgan fingerprint density at radius 2 is 1.81 bits per heavy atom. The normalized spacial score (nSPS) is 19.1. The zero-order chi connectivity index (χ0) is 21.6. The van der Waals surface area contributed by atoms with Crippen molar-refractivity contribution >= 4 is 10.0 Å². The van der Waals surface area contributed by atoms with Crippen LogP contribution in [0, 0.1) is 5.82 Å². The van der Waals surface area contributed by atoms with Crippen LogP contribution in [0.4, 0.5) is 4.39 Å². The largest absolute Gasteiger partial charge is 0.378 e. The highest BCUT2D eigenvalue weighted by Crippen LogP contribution is 2.33. The maximum Gasteiger partial charge on any atom is 0.240 e. The van der Waals surface area contributed by atoms with Gasteiger partial charge in [-0.2, -0.15) is 5.10 Å². The fourth-order valence-corrected chi connectivity index (χ4v) is 5.02. The molecule has 0 bridgehead atoms. The average Bonchev–Trinajstić information content (AvgIpc) is 3.10. The Balaban J connectivity index is 1.51. The molecule has 0 spiro atoms. The molecule has 2 aromatic carbocycles. The van der Waals surface area contributed by atoms with E-state index in [1.165, 1.54) is 12.1 Å². The van der Waals surface area contributed by atoms with E-state index in [9.17, 15) is 12.8 Å². The molecule has 31 heavy (non-hydrogen) atoms. The van der Waals surface area contributed by atoms with Crippen LogP contribution in [-0.2, 0) is 32.5 Å². The number of aromatic nitrogens is 2. The van der Waals surface area contributed by atoms with Crippen molar-refractivity contribution in [1.29, 1.82) is 0 Å². The average molecular weight is 444 g/mol. The van der Waals surface area contributed by atoms with Crippen LogP contribution in [-0.4, -0.2) is 43.6 Å². The van der Waals surface area contributed by atoms with Gasteiger partial charge >= 0.3 is 0 Å². The van der Waals surface area contributed by atoms with Crippen LogP contribution in [0.5, 0.6) is 0 Å². The maximum atomic E-state index is 13.4. The van der Waals surface area contributed by atoms with Crippen molar-refractivity contribution in [1.82, 2.24) is 14.5 Å². The van der Waals surface area contributed by atoms with Crippen molar-refractivity contribution < 1.29 is 22.3 Å². The van der Waals surface area contributed by atoms with E-state index in [-0.39, 0.29) is 22.9 Å². The molecular weight excluding hydrogens is 421 g/mol. The molecule has 9 heteroatoms. The zero-order valence-electron chi connectivity index (χ0n) is 16.9. The molecular formula is C22H22FN3O4S. The van der Waals surface area contributed by atoms with Crippen molar-refractivity contribution in [2.45, 2.75) is 37.0 Å². The van der Waals surface area contributed by atoms with Crippen molar-refractivity contribution in [2.24, 2.45) is 0 Å². The minimum atomic E-state index is -3.60. The standard InChI is InChI=1S/C22H22FN3O4S/c1-14-10-21-20(13-30-14)22(24-26(21)18-6-4-16(23)5-7-18)15-2-8-19(9-3-15)31(27,28)25-17-11-29-12-17/h2-9,14,17,25H,10-13H2,1H3/t14-/m0/s1. The van der Waals surface area contributed by atoms with Crippen LogP contribution in [0.15, 0.2) is 53.4 Å². The van der Waals surface area contributed by atoms with Crippen molar-refractivity contribution in [3.8, 4) is 16.9 Å². The van der Waals surface area contributed by atoms with E-state index in [0.717, 1.165) is 28.2 Å². The quantitative estimate of drug-likeness (QED) is 0.656. The summed E-state index contributed by atoms with van der Waals surface area (Å²) in [5.41, 5.74) is 4.27. The van der Waals surface area contributed by atoms with Crippen LogP contribution in [0.1, 0.15) is 18.2 Å². The van der Waals surface area contributed by atoms with Gasteiger partial charge in [-0.15, -0.1) is 0 Å². The summed E-state index contributed by atoms with van der Waals surface area (Å²) in [5, 5.41) is 4.79. The molecule has 0 radical (unpaired) electrons.